The lowest BCUT2D eigenvalue weighted by Gasteiger charge is -2.11. The maximum Gasteiger partial charge on any atom is 0.252 e. The number of hydrogen-bond acceptors (Lipinski definition) is 6. The minimum absolute atomic E-state index is 0.232. The Balaban J connectivity index is 1.67. The second kappa shape index (κ2) is 10.1. The second-order valence-electron chi connectivity index (χ2n) is 6.26. The molecule has 0 saturated carbocycles. The van der Waals surface area contributed by atoms with Crippen LogP contribution in [0.15, 0.2) is 52.4 Å². The summed E-state index contributed by atoms with van der Waals surface area (Å²) in [6, 6.07) is 12.2. The number of methoxy groups -OCH3 is 1. The fourth-order valence-electron chi connectivity index (χ4n) is 2.58. The van der Waals surface area contributed by atoms with Crippen molar-refractivity contribution in [3.05, 3.63) is 79.7 Å². The molecule has 0 atom stereocenters. The molecule has 1 heterocycles. The molecule has 0 amide bonds. The van der Waals surface area contributed by atoms with Crippen LogP contribution in [-0.2, 0) is 13.0 Å². The number of anilines is 1. The molecule has 0 fully saturated rings. The molecule has 30 heavy (non-hydrogen) atoms. The summed E-state index contributed by atoms with van der Waals surface area (Å²) >= 11 is 12.0. The van der Waals surface area contributed by atoms with Crippen LogP contribution in [0, 0.1) is 0 Å². The summed E-state index contributed by atoms with van der Waals surface area (Å²) in [7, 11) is 1.56. The number of ether oxygens (including phenoxy) is 2. The van der Waals surface area contributed by atoms with Gasteiger partial charge in [0.05, 0.1) is 23.4 Å². The van der Waals surface area contributed by atoms with Gasteiger partial charge in [0.15, 0.2) is 11.5 Å². The fourth-order valence-corrected chi connectivity index (χ4v) is 2.90. The van der Waals surface area contributed by atoms with Gasteiger partial charge in [-0.1, -0.05) is 36.2 Å². The van der Waals surface area contributed by atoms with Crippen LogP contribution >= 0.6 is 23.2 Å². The van der Waals surface area contributed by atoms with Gasteiger partial charge in [0, 0.05) is 11.8 Å². The Kier molecular flexibility index (Phi) is 7.32. The number of aromatic nitrogens is 2. The Bertz CT molecular complexity index is 1120. The van der Waals surface area contributed by atoms with E-state index < -0.39 is 0 Å². The molecule has 0 unspecified atom stereocenters. The van der Waals surface area contributed by atoms with Gasteiger partial charge in [-0.3, -0.25) is 9.78 Å². The quantitative estimate of drug-likeness (QED) is 0.387. The molecule has 0 aliphatic heterocycles. The van der Waals surface area contributed by atoms with E-state index in [2.05, 4.69) is 20.5 Å². The first-order chi connectivity index (χ1) is 14.5. The molecule has 0 aliphatic carbocycles. The number of benzene rings is 2. The molecule has 3 aromatic rings. The van der Waals surface area contributed by atoms with Gasteiger partial charge in [0.25, 0.3) is 5.56 Å². The number of aryl methyl sites for hydroxylation is 1. The summed E-state index contributed by atoms with van der Waals surface area (Å²) in [6.45, 7) is 2.24. The van der Waals surface area contributed by atoms with E-state index in [0.29, 0.717) is 40.3 Å². The Labute approximate surface area is 183 Å². The van der Waals surface area contributed by atoms with E-state index in [1.54, 1.807) is 37.6 Å². The van der Waals surface area contributed by atoms with Crippen LogP contribution < -0.4 is 20.5 Å². The summed E-state index contributed by atoms with van der Waals surface area (Å²) in [5.74, 6) is 1.41. The van der Waals surface area contributed by atoms with Gasteiger partial charge in [-0.05, 0) is 47.9 Å². The zero-order chi connectivity index (χ0) is 21.5. The molecule has 0 bridgehead atoms. The average molecular weight is 447 g/mol. The summed E-state index contributed by atoms with van der Waals surface area (Å²) in [5, 5.41) is 5.09. The number of hydrogen-bond donors (Lipinski definition) is 2. The number of H-pyrrole nitrogens is 1. The Morgan fingerprint density at radius 2 is 1.97 bits per heavy atom. The maximum atomic E-state index is 11.6. The minimum Gasteiger partial charge on any atom is -0.493 e. The molecule has 1 aromatic heterocycles. The van der Waals surface area contributed by atoms with E-state index in [-0.39, 0.29) is 11.5 Å². The third kappa shape index (κ3) is 5.75. The SMILES string of the molecule is CCc1cc(=O)[nH]c(N/N=C\c2ccc(OCc3ccc(Cl)c(Cl)c3)c(OC)c2)n1. The highest BCUT2D eigenvalue weighted by Gasteiger charge is 2.07. The normalized spacial score (nSPS) is 10.9. The molecular weight excluding hydrogens is 427 g/mol. The van der Waals surface area contributed by atoms with Crippen LogP contribution in [0.3, 0.4) is 0 Å². The lowest BCUT2D eigenvalue weighted by atomic mass is 10.2. The highest BCUT2D eigenvalue weighted by molar-refractivity contribution is 6.42. The van der Waals surface area contributed by atoms with E-state index in [4.69, 9.17) is 32.7 Å². The Morgan fingerprint density at radius 1 is 1.13 bits per heavy atom. The predicted molar refractivity (Wildman–Crippen MR) is 119 cm³/mol. The first kappa shape index (κ1) is 21.7. The van der Waals surface area contributed by atoms with Crippen LogP contribution in [0.25, 0.3) is 0 Å². The van der Waals surface area contributed by atoms with Crippen molar-refractivity contribution in [3.63, 3.8) is 0 Å². The highest BCUT2D eigenvalue weighted by Crippen LogP contribution is 2.29. The van der Waals surface area contributed by atoms with Crippen LogP contribution in [0.5, 0.6) is 11.5 Å². The zero-order valence-corrected chi connectivity index (χ0v) is 17.9. The molecular formula is C21H20Cl2N4O3. The third-order valence-corrected chi connectivity index (χ3v) is 4.85. The van der Waals surface area contributed by atoms with E-state index in [9.17, 15) is 4.79 Å². The van der Waals surface area contributed by atoms with Crippen molar-refractivity contribution in [2.24, 2.45) is 5.10 Å². The van der Waals surface area contributed by atoms with Gasteiger partial charge in [0.2, 0.25) is 5.95 Å². The maximum absolute atomic E-state index is 11.6. The molecule has 156 valence electrons. The highest BCUT2D eigenvalue weighted by atomic mass is 35.5. The standard InChI is InChI=1S/C21H20Cl2N4O3/c1-3-15-10-20(28)26-21(25-15)27-24-11-13-5-7-18(19(9-13)29-2)30-12-14-4-6-16(22)17(23)8-14/h4-11H,3,12H2,1-2H3,(H2,25,26,27,28)/b24-11-. The van der Waals surface area contributed by atoms with Crippen LogP contribution in [0.2, 0.25) is 10.0 Å². The van der Waals surface area contributed by atoms with Gasteiger partial charge in [-0.25, -0.2) is 10.4 Å². The molecule has 0 saturated heterocycles. The van der Waals surface area contributed by atoms with Gasteiger partial charge in [0.1, 0.15) is 6.61 Å². The number of hydrazone groups is 1. The van der Waals surface area contributed by atoms with E-state index >= 15 is 0 Å². The van der Waals surface area contributed by atoms with Gasteiger partial charge in [-0.2, -0.15) is 5.10 Å². The second-order valence-corrected chi connectivity index (χ2v) is 7.07. The van der Waals surface area contributed by atoms with Crippen molar-refractivity contribution >= 4 is 35.4 Å². The lowest BCUT2D eigenvalue weighted by Crippen LogP contribution is -2.11. The topological polar surface area (TPSA) is 88.6 Å². The molecule has 0 radical (unpaired) electrons. The average Bonchev–Trinajstić information content (AvgIpc) is 2.74. The summed E-state index contributed by atoms with van der Waals surface area (Å²) in [4.78, 5) is 18.4. The first-order valence-electron chi connectivity index (χ1n) is 9.12. The number of halogens is 2. The fraction of sp³-hybridized carbons (Fsp3) is 0.190. The minimum atomic E-state index is -0.232. The largest absolute Gasteiger partial charge is 0.493 e. The van der Waals surface area contributed by atoms with Crippen LogP contribution in [0.1, 0.15) is 23.7 Å². The molecule has 7 nitrogen and oxygen atoms in total. The smallest absolute Gasteiger partial charge is 0.252 e. The van der Waals surface area contributed by atoms with Crippen molar-refractivity contribution in [2.45, 2.75) is 20.0 Å². The van der Waals surface area contributed by atoms with Gasteiger partial charge in [-0.15, -0.1) is 0 Å². The number of rotatable bonds is 8. The number of nitrogens with one attached hydrogen (secondary N) is 2. The van der Waals surface area contributed by atoms with Crippen molar-refractivity contribution in [1.82, 2.24) is 9.97 Å². The van der Waals surface area contributed by atoms with Gasteiger partial charge < -0.3 is 9.47 Å². The molecule has 9 heteroatoms. The Hall–Kier alpha value is -3.03. The van der Waals surface area contributed by atoms with E-state index in [0.717, 1.165) is 11.1 Å². The summed E-state index contributed by atoms with van der Waals surface area (Å²) in [6.07, 6.45) is 2.24. The van der Waals surface area contributed by atoms with Crippen molar-refractivity contribution in [2.75, 3.05) is 12.5 Å². The zero-order valence-electron chi connectivity index (χ0n) is 16.4. The number of aromatic amines is 1. The third-order valence-electron chi connectivity index (χ3n) is 4.11. The molecule has 3 rings (SSSR count). The lowest BCUT2D eigenvalue weighted by molar-refractivity contribution is 0.284. The molecule has 0 spiro atoms. The Morgan fingerprint density at radius 3 is 2.70 bits per heavy atom. The van der Waals surface area contributed by atoms with Gasteiger partial charge >= 0.3 is 0 Å². The van der Waals surface area contributed by atoms with Crippen molar-refractivity contribution in [1.29, 1.82) is 0 Å². The van der Waals surface area contributed by atoms with E-state index in [1.165, 1.54) is 6.07 Å². The number of nitrogens with zero attached hydrogens (tertiary/aromatic N) is 2. The predicted octanol–water partition coefficient (Wildman–Crippen LogP) is 4.67. The van der Waals surface area contributed by atoms with Crippen molar-refractivity contribution < 1.29 is 9.47 Å². The molecule has 2 N–H and O–H groups in total. The monoisotopic (exact) mass is 446 g/mol. The summed E-state index contributed by atoms with van der Waals surface area (Å²) in [5.41, 5.74) is 4.83. The van der Waals surface area contributed by atoms with Crippen LogP contribution in [0.4, 0.5) is 5.95 Å². The van der Waals surface area contributed by atoms with Crippen molar-refractivity contribution in [3.8, 4) is 11.5 Å². The molecule has 0 aliphatic rings. The summed E-state index contributed by atoms with van der Waals surface area (Å²) < 4.78 is 11.3. The molecule has 2 aromatic carbocycles. The van der Waals surface area contributed by atoms with Crippen LogP contribution in [-0.4, -0.2) is 23.3 Å². The van der Waals surface area contributed by atoms with E-state index in [1.807, 2.05) is 19.1 Å². The first-order valence-corrected chi connectivity index (χ1v) is 9.88.